The molecule has 2 heterocycles. The van der Waals surface area contributed by atoms with E-state index in [-0.39, 0.29) is 29.9 Å². The van der Waals surface area contributed by atoms with E-state index in [0.29, 0.717) is 19.6 Å². The van der Waals surface area contributed by atoms with Gasteiger partial charge in [-0.2, -0.15) is 0 Å². The average Bonchev–Trinajstić information content (AvgIpc) is 3.22. The summed E-state index contributed by atoms with van der Waals surface area (Å²) in [6.45, 7) is 4.75. The van der Waals surface area contributed by atoms with E-state index in [9.17, 15) is 9.59 Å². The van der Waals surface area contributed by atoms with Crippen molar-refractivity contribution in [2.45, 2.75) is 38.8 Å². The maximum atomic E-state index is 12.5. The normalized spacial score (nSPS) is 24.1. The number of hydrogen-bond acceptors (Lipinski definition) is 4. The van der Waals surface area contributed by atoms with Gasteiger partial charge >= 0.3 is 5.97 Å². The highest BCUT2D eigenvalue weighted by Gasteiger charge is 2.49. The third-order valence-corrected chi connectivity index (χ3v) is 5.62. The van der Waals surface area contributed by atoms with Crippen LogP contribution in [-0.2, 0) is 14.3 Å². The summed E-state index contributed by atoms with van der Waals surface area (Å²) in [6.07, 6.45) is 1.26. The zero-order valence-corrected chi connectivity index (χ0v) is 15.2. The molecule has 2 aromatic rings. The van der Waals surface area contributed by atoms with Crippen LogP contribution in [0, 0.1) is 5.92 Å². The van der Waals surface area contributed by atoms with Crippen LogP contribution in [0.3, 0.4) is 0 Å². The van der Waals surface area contributed by atoms with Crippen molar-refractivity contribution in [3.05, 3.63) is 48.0 Å². The second-order valence-corrected chi connectivity index (χ2v) is 7.12. The first-order valence-corrected chi connectivity index (χ1v) is 9.34. The molecule has 2 aromatic carbocycles. The Morgan fingerprint density at radius 2 is 2.00 bits per heavy atom. The van der Waals surface area contributed by atoms with Gasteiger partial charge in [0.1, 0.15) is 0 Å². The lowest BCUT2D eigenvalue weighted by Crippen LogP contribution is -2.43. The minimum Gasteiger partial charge on any atom is -0.466 e. The van der Waals surface area contributed by atoms with E-state index >= 15 is 0 Å². The second kappa shape index (κ2) is 6.72. The van der Waals surface area contributed by atoms with Crippen molar-refractivity contribution in [2.75, 3.05) is 13.2 Å². The molecule has 0 spiro atoms. The number of nitrogens with zero attached hydrogens (tertiary/aromatic N) is 2. The molecule has 0 saturated carbocycles. The van der Waals surface area contributed by atoms with Crippen LogP contribution in [0.15, 0.2) is 42.5 Å². The summed E-state index contributed by atoms with van der Waals surface area (Å²) in [5.74, 6) is -0.448. The number of carbonyl (C=O) groups excluding carboxylic acids is 2. The molecule has 2 aliphatic heterocycles. The molecule has 2 saturated heterocycles. The fourth-order valence-corrected chi connectivity index (χ4v) is 4.28. The van der Waals surface area contributed by atoms with Crippen LogP contribution >= 0.6 is 0 Å². The summed E-state index contributed by atoms with van der Waals surface area (Å²) >= 11 is 0. The summed E-state index contributed by atoms with van der Waals surface area (Å²) < 4.78 is 5.20. The number of hydrazine groups is 1. The molecule has 5 heteroatoms. The van der Waals surface area contributed by atoms with Crippen molar-refractivity contribution in [3.63, 3.8) is 0 Å². The van der Waals surface area contributed by atoms with Crippen molar-refractivity contribution in [1.29, 1.82) is 0 Å². The van der Waals surface area contributed by atoms with Crippen LogP contribution in [0.4, 0.5) is 0 Å². The van der Waals surface area contributed by atoms with Crippen molar-refractivity contribution in [2.24, 2.45) is 5.92 Å². The second-order valence-electron chi connectivity index (χ2n) is 7.12. The molecule has 0 radical (unpaired) electrons. The number of benzene rings is 2. The quantitative estimate of drug-likeness (QED) is 0.792. The number of hydrogen-bond donors (Lipinski definition) is 0. The van der Waals surface area contributed by atoms with Crippen LogP contribution in [0.1, 0.15) is 38.3 Å². The highest BCUT2D eigenvalue weighted by Crippen LogP contribution is 2.43. The summed E-state index contributed by atoms with van der Waals surface area (Å²) in [7, 11) is 0. The molecule has 1 amide bonds. The van der Waals surface area contributed by atoms with Crippen molar-refractivity contribution >= 4 is 22.6 Å². The number of esters is 1. The maximum Gasteiger partial charge on any atom is 0.310 e. The van der Waals surface area contributed by atoms with Crippen molar-refractivity contribution in [3.8, 4) is 0 Å². The Morgan fingerprint density at radius 3 is 2.77 bits per heavy atom. The van der Waals surface area contributed by atoms with Crippen molar-refractivity contribution in [1.82, 2.24) is 10.0 Å². The van der Waals surface area contributed by atoms with Gasteiger partial charge in [-0.05, 0) is 42.7 Å². The summed E-state index contributed by atoms with van der Waals surface area (Å²) in [5.41, 5.74) is 1.20. The van der Waals surface area contributed by atoms with Gasteiger partial charge < -0.3 is 4.74 Å². The Morgan fingerprint density at radius 1 is 1.23 bits per heavy atom. The fraction of sp³-hybridized carbons (Fsp3) is 0.429. The number of ether oxygens (including phenoxy) is 1. The highest BCUT2D eigenvalue weighted by molar-refractivity contribution is 5.83. The lowest BCUT2D eigenvalue weighted by molar-refractivity contribution is -0.153. The van der Waals surface area contributed by atoms with Crippen LogP contribution in [0.25, 0.3) is 10.8 Å². The van der Waals surface area contributed by atoms with E-state index in [2.05, 4.69) is 35.3 Å². The number of carbonyl (C=O) groups is 2. The van der Waals surface area contributed by atoms with Crippen LogP contribution in [-0.4, -0.2) is 41.1 Å². The van der Waals surface area contributed by atoms with Gasteiger partial charge in [0.15, 0.2) is 0 Å². The summed E-state index contributed by atoms with van der Waals surface area (Å²) in [5, 5.41) is 6.37. The van der Waals surface area contributed by atoms with Gasteiger partial charge in [0.2, 0.25) is 5.91 Å². The smallest absolute Gasteiger partial charge is 0.310 e. The Hall–Kier alpha value is -2.40. The van der Waals surface area contributed by atoms with E-state index in [4.69, 9.17) is 4.74 Å². The minimum atomic E-state index is -0.329. The van der Waals surface area contributed by atoms with Crippen LogP contribution in [0.5, 0.6) is 0 Å². The lowest BCUT2D eigenvalue weighted by Gasteiger charge is -2.29. The predicted octanol–water partition coefficient (Wildman–Crippen LogP) is 3.30. The Kier molecular flexibility index (Phi) is 4.41. The molecule has 0 N–H and O–H groups in total. The van der Waals surface area contributed by atoms with Crippen LogP contribution in [0.2, 0.25) is 0 Å². The highest BCUT2D eigenvalue weighted by atomic mass is 16.5. The molecule has 1 unspecified atom stereocenters. The third kappa shape index (κ3) is 2.76. The van der Waals surface area contributed by atoms with Gasteiger partial charge in [0, 0.05) is 13.0 Å². The Labute approximate surface area is 153 Å². The zero-order valence-electron chi connectivity index (χ0n) is 15.2. The molecule has 0 aromatic heterocycles. The van der Waals surface area contributed by atoms with E-state index in [1.54, 1.807) is 0 Å². The molecule has 26 heavy (non-hydrogen) atoms. The first-order chi connectivity index (χ1) is 12.6. The first-order valence-electron chi connectivity index (χ1n) is 9.34. The maximum absolute atomic E-state index is 12.5. The summed E-state index contributed by atoms with van der Waals surface area (Å²) in [6, 6.07) is 14.8. The SMILES string of the molecule is CCOC(=O)C(C)[C@H]1C[C@@H](c2ccc3ccccc3c2)N2CCC(=O)N12. The predicted molar refractivity (Wildman–Crippen MR) is 99.1 cm³/mol. The third-order valence-electron chi connectivity index (χ3n) is 5.62. The van der Waals surface area contributed by atoms with Gasteiger partial charge in [-0.15, -0.1) is 0 Å². The van der Waals surface area contributed by atoms with Crippen LogP contribution < -0.4 is 0 Å². The standard InChI is InChI=1S/C21H24N2O3/c1-3-26-21(25)14(2)18-13-19(22-11-10-20(24)23(18)22)17-9-8-15-6-4-5-7-16(15)12-17/h4-9,12,14,18-19H,3,10-11,13H2,1-2H3/t14?,18-,19+/m1/s1. The zero-order chi connectivity index (χ0) is 18.3. The topological polar surface area (TPSA) is 49.9 Å². The number of rotatable bonds is 4. The fourth-order valence-electron chi connectivity index (χ4n) is 4.28. The van der Waals surface area contributed by atoms with Gasteiger partial charge in [0.05, 0.1) is 24.6 Å². The molecule has 4 rings (SSSR count). The average molecular weight is 352 g/mol. The summed E-state index contributed by atoms with van der Waals surface area (Å²) in [4.78, 5) is 24.7. The molecule has 0 aliphatic carbocycles. The van der Waals surface area contributed by atoms with E-state index in [1.807, 2.05) is 31.0 Å². The molecule has 0 bridgehead atoms. The van der Waals surface area contributed by atoms with Crippen molar-refractivity contribution < 1.29 is 14.3 Å². The first kappa shape index (κ1) is 17.0. The molecular weight excluding hydrogens is 328 g/mol. The monoisotopic (exact) mass is 352 g/mol. The largest absolute Gasteiger partial charge is 0.466 e. The van der Waals surface area contributed by atoms with Gasteiger partial charge in [-0.25, -0.2) is 5.01 Å². The van der Waals surface area contributed by atoms with E-state index < -0.39 is 0 Å². The minimum absolute atomic E-state index is 0.106. The lowest BCUT2D eigenvalue weighted by atomic mass is 9.92. The molecule has 5 nitrogen and oxygen atoms in total. The number of fused-ring (bicyclic) bond motifs is 2. The van der Waals surface area contributed by atoms with Gasteiger partial charge in [0.25, 0.3) is 0 Å². The molecule has 2 aliphatic rings. The molecule has 2 fully saturated rings. The van der Waals surface area contributed by atoms with E-state index in [1.165, 1.54) is 16.3 Å². The molecule has 136 valence electrons. The molecule has 3 atom stereocenters. The van der Waals surface area contributed by atoms with Gasteiger partial charge in [-0.3, -0.25) is 14.6 Å². The van der Waals surface area contributed by atoms with Gasteiger partial charge in [-0.1, -0.05) is 36.4 Å². The van der Waals surface area contributed by atoms with E-state index in [0.717, 1.165) is 6.42 Å². The Bertz CT molecular complexity index is 850. The Balaban J connectivity index is 1.66. The molecular formula is C21H24N2O3. The number of amides is 1.